The summed E-state index contributed by atoms with van der Waals surface area (Å²) >= 11 is 0. The molecular formula is C26H33NO3. The maximum Gasteiger partial charge on any atom is 0.309 e. The number of ether oxygens (including phenoxy) is 1. The molecule has 4 nitrogen and oxygen atoms in total. The second-order valence-electron chi connectivity index (χ2n) is 9.74. The van der Waals surface area contributed by atoms with Crippen LogP contribution in [0, 0.1) is 17.8 Å². The Hall–Kier alpha value is -2.07. The molecule has 1 aliphatic heterocycles. The fourth-order valence-corrected chi connectivity index (χ4v) is 5.90. The number of benzene rings is 2. The maximum atomic E-state index is 11.0. The minimum Gasteiger partial charge on any atom is -0.490 e. The van der Waals surface area contributed by atoms with Crippen molar-refractivity contribution < 1.29 is 14.6 Å². The lowest BCUT2D eigenvalue weighted by atomic mass is 9.78. The van der Waals surface area contributed by atoms with E-state index in [0.29, 0.717) is 19.2 Å². The van der Waals surface area contributed by atoms with Crippen molar-refractivity contribution in [3.8, 4) is 5.75 Å². The average Bonchev–Trinajstić information content (AvgIpc) is 3.25. The summed E-state index contributed by atoms with van der Waals surface area (Å²) < 4.78 is 6.50. The molecule has 5 rings (SSSR count). The third-order valence-corrected chi connectivity index (χ3v) is 7.70. The van der Waals surface area contributed by atoms with Gasteiger partial charge < -0.3 is 9.84 Å². The third kappa shape index (κ3) is 4.20. The third-order valence-electron chi connectivity index (χ3n) is 7.70. The molecule has 0 radical (unpaired) electrons. The molecule has 0 unspecified atom stereocenters. The quantitative estimate of drug-likeness (QED) is 0.688. The molecule has 3 aliphatic rings. The van der Waals surface area contributed by atoms with Crippen molar-refractivity contribution in [3.05, 3.63) is 42.0 Å². The van der Waals surface area contributed by atoms with Crippen LogP contribution in [0.15, 0.2) is 36.4 Å². The molecule has 4 heteroatoms. The van der Waals surface area contributed by atoms with Crippen molar-refractivity contribution in [2.45, 2.75) is 64.0 Å². The highest BCUT2D eigenvalue weighted by atomic mass is 16.5. The van der Waals surface area contributed by atoms with Crippen LogP contribution in [-0.4, -0.2) is 35.2 Å². The molecule has 1 N–H and O–H groups in total. The predicted octanol–water partition coefficient (Wildman–Crippen LogP) is 5.48. The van der Waals surface area contributed by atoms with Gasteiger partial charge >= 0.3 is 5.97 Å². The highest BCUT2D eigenvalue weighted by Gasteiger charge is 2.32. The summed E-state index contributed by atoms with van der Waals surface area (Å²) in [7, 11) is 0. The van der Waals surface area contributed by atoms with Gasteiger partial charge in [0.15, 0.2) is 0 Å². The Balaban J connectivity index is 1.21. The minimum atomic E-state index is -0.677. The Labute approximate surface area is 179 Å². The van der Waals surface area contributed by atoms with Gasteiger partial charge in [-0.05, 0) is 60.6 Å². The largest absolute Gasteiger partial charge is 0.490 e. The number of carboxylic acids is 1. The number of carboxylic acid groups (broad SMARTS) is 1. The van der Waals surface area contributed by atoms with Crippen molar-refractivity contribution in [2.75, 3.05) is 13.1 Å². The molecule has 0 bridgehead atoms. The lowest BCUT2D eigenvalue weighted by molar-refractivity contribution is -0.147. The maximum absolute atomic E-state index is 11.0. The fourth-order valence-electron chi connectivity index (χ4n) is 5.90. The second-order valence-corrected chi connectivity index (χ2v) is 9.74. The summed E-state index contributed by atoms with van der Waals surface area (Å²) in [5, 5.41) is 11.4. The van der Waals surface area contributed by atoms with E-state index >= 15 is 0 Å². The van der Waals surface area contributed by atoms with E-state index in [1.165, 1.54) is 67.7 Å². The molecular weight excluding hydrogens is 374 g/mol. The molecule has 2 aromatic carbocycles. The molecule has 1 saturated heterocycles. The van der Waals surface area contributed by atoms with Crippen LogP contribution in [0.1, 0.15) is 56.9 Å². The van der Waals surface area contributed by atoms with Crippen molar-refractivity contribution in [1.82, 2.24) is 4.90 Å². The van der Waals surface area contributed by atoms with Crippen LogP contribution >= 0.6 is 0 Å². The molecule has 0 spiro atoms. The van der Waals surface area contributed by atoms with Crippen molar-refractivity contribution in [1.29, 1.82) is 0 Å². The Bertz CT molecular complexity index is 890. The topological polar surface area (TPSA) is 49.8 Å². The van der Waals surface area contributed by atoms with Gasteiger partial charge in [-0.15, -0.1) is 0 Å². The zero-order valence-corrected chi connectivity index (χ0v) is 17.8. The van der Waals surface area contributed by atoms with Gasteiger partial charge in [0.2, 0.25) is 0 Å². The minimum absolute atomic E-state index is 0.200. The van der Waals surface area contributed by atoms with E-state index in [1.54, 1.807) is 0 Å². The Morgan fingerprint density at radius 2 is 1.70 bits per heavy atom. The van der Waals surface area contributed by atoms with Gasteiger partial charge in [-0.1, -0.05) is 49.9 Å². The van der Waals surface area contributed by atoms with Gasteiger partial charge in [0.25, 0.3) is 0 Å². The zero-order valence-electron chi connectivity index (χ0n) is 17.8. The monoisotopic (exact) mass is 407 g/mol. The van der Waals surface area contributed by atoms with Gasteiger partial charge in [0.1, 0.15) is 5.75 Å². The van der Waals surface area contributed by atoms with Crippen LogP contribution in [0.25, 0.3) is 10.8 Å². The first-order valence-electron chi connectivity index (χ1n) is 11.8. The van der Waals surface area contributed by atoms with E-state index in [4.69, 9.17) is 9.84 Å². The highest BCUT2D eigenvalue weighted by Crippen LogP contribution is 2.40. The van der Waals surface area contributed by atoms with Crippen molar-refractivity contribution in [2.24, 2.45) is 17.8 Å². The number of fused-ring (bicyclic) bond motifs is 1. The van der Waals surface area contributed by atoms with Crippen LogP contribution in [0.5, 0.6) is 5.75 Å². The predicted molar refractivity (Wildman–Crippen MR) is 119 cm³/mol. The first kappa shape index (κ1) is 19.9. The van der Waals surface area contributed by atoms with Gasteiger partial charge in [-0.2, -0.15) is 0 Å². The smallest absolute Gasteiger partial charge is 0.309 e. The SMILES string of the molecule is O=C(O)C1CN(Cc2ccc3c(O[C@H]4CC[C@H](C5CCCC5)CC4)cccc3c2)C1. The Morgan fingerprint density at radius 1 is 0.967 bits per heavy atom. The number of hydrogen-bond donors (Lipinski definition) is 1. The molecule has 0 aromatic heterocycles. The van der Waals surface area contributed by atoms with E-state index in [2.05, 4.69) is 41.3 Å². The fraction of sp³-hybridized carbons (Fsp3) is 0.577. The molecule has 0 atom stereocenters. The summed E-state index contributed by atoms with van der Waals surface area (Å²) in [6.07, 6.45) is 11.2. The first-order valence-corrected chi connectivity index (χ1v) is 11.8. The van der Waals surface area contributed by atoms with E-state index in [0.717, 1.165) is 24.1 Å². The van der Waals surface area contributed by atoms with Crippen LogP contribution in [0.2, 0.25) is 0 Å². The van der Waals surface area contributed by atoms with Crippen LogP contribution < -0.4 is 4.74 Å². The number of rotatable bonds is 6. The normalized spacial score (nSPS) is 26.0. The standard InChI is InChI=1S/C26H33NO3/c28-26(29)22-16-27(17-22)15-18-8-13-24-21(14-18)6-3-7-25(24)30-23-11-9-20(10-12-23)19-4-1-2-5-19/h3,6-8,13-14,19-20,22-23H,1-2,4-5,9-12,15-17H2,(H,28,29)/t20-,23-. The van der Waals surface area contributed by atoms with Gasteiger partial charge in [-0.3, -0.25) is 9.69 Å². The van der Waals surface area contributed by atoms with E-state index in [9.17, 15) is 4.79 Å². The summed E-state index contributed by atoms with van der Waals surface area (Å²) in [5.74, 6) is 2.06. The molecule has 2 saturated carbocycles. The van der Waals surface area contributed by atoms with Crippen LogP contribution in [-0.2, 0) is 11.3 Å². The molecule has 0 amide bonds. The number of hydrogen-bond acceptors (Lipinski definition) is 3. The number of aliphatic carboxylic acids is 1. The zero-order chi connectivity index (χ0) is 20.5. The van der Waals surface area contributed by atoms with Crippen molar-refractivity contribution in [3.63, 3.8) is 0 Å². The molecule has 3 fully saturated rings. The number of nitrogens with zero attached hydrogens (tertiary/aromatic N) is 1. The summed E-state index contributed by atoms with van der Waals surface area (Å²) in [5.41, 5.74) is 1.24. The highest BCUT2D eigenvalue weighted by molar-refractivity contribution is 5.88. The van der Waals surface area contributed by atoms with E-state index in [1.807, 2.05) is 0 Å². The Morgan fingerprint density at radius 3 is 2.43 bits per heavy atom. The molecule has 1 heterocycles. The summed E-state index contributed by atoms with van der Waals surface area (Å²) in [6.45, 7) is 2.12. The van der Waals surface area contributed by atoms with Crippen LogP contribution in [0.4, 0.5) is 0 Å². The van der Waals surface area contributed by atoms with E-state index in [-0.39, 0.29) is 5.92 Å². The number of likely N-dealkylation sites (tertiary alicyclic amines) is 1. The van der Waals surface area contributed by atoms with Gasteiger partial charge in [0.05, 0.1) is 12.0 Å². The molecule has 2 aliphatic carbocycles. The van der Waals surface area contributed by atoms with E-state index < -0.39 is 5.97 Å². The number of carbonyl (C=O) groups is 1. The van der Waals surface area contributed by atoms with Crippen molar-refractivity contribution >= 4 is 16.7 Å². The summed E-state index contributed by atoms with van der Waals surface area (Å²) in [4.78, 5) is 13.2. The molecule has 30 heavy (non-hydrogen) atoms. The lowest BCUT2D eigenvalue weighted by Gasteiger charge is -2.36. The Kier molecular flexibility index (Phi) is 5.68. The average molecular weight is 408 g/mol. The van der Waals surface area contributed by atoms with Gasteiger partial charge in [0, 0.05) is 25.0 Å². The first-order chi connectivity index (χ1) is 14.7. The summed E-state index contributed by atoms with van der Waals surface area (Å²) in [6, 6.07) is 12.9. The molecule has 160 valence electrons. The van der Waals surface area contributed by atoms with Gasteiger partial charge in [-0.25, -0.2) is 0 Å². The molecule has 2 aromatic rings. The second kappa shape index (κ2) is 8.58. The lowest BCUT2D eigenvalue weighted by Crippen LogP contribution is -2.49. The van der Waals surface area contributed by atoms with Crippen LogP contribution in [0.3, 0.4) is 0 Å².